The molecule has 1 aliphatic carbocycles. The van der Waals surface area contributed by atoms with Crippen molar-refractivity contribution in [3.8, 4) is 5.88 Å². The third-order valence-electron chi connectivity index (χ3n) is 3.23. The van der Waals surface area contributed by atoms with Gasteiger partial charge in [-0.2, -0.15) is 4.37 Å². The molecule has 1 heterocycles. The summed E-state index contributed by atoms with van der Waals surface area (Å²) in [5.41, 5.74) is 0.449. The number of methoxy groups -OCH3 is 1. The number of carboxylic acids is 1. The molecule has 0 spiro atoms. The van der Waals surface area contributed by atoms with Gasteiger partial charge in [0.25, 0.3) is 0 Å². The van der Waals surface area contributed by atoms with Crippen LogP contribution >= 0.6 is 11.5 Å². The molecule has 8 heteroatoms. The Morgan fingerprint density at radius 1 is 1.43 bits per heavy atom. The SMILES string of the molecule is COc1cc(C(C)NC(=O)C2=C(C(=O)[O-])CCC2)sn1.[Na+]. The average molecular weight is 318 g/mol. The number of rotatable bonds is 5. The zero-order valence-electron chi connectivity index (χ0n) is 12.3. The molecular weight excluding hydrogens is 303 g/mol. The van der Waals surface area contributed by atoms with Gasteiger partial charge in [0.2, 0.25) is 11.8 Å². The summed E-state index contributed by atoms with van der Waals surface area (Å²) in [6.45, 7) is 1.82. The molecule has 1 amide bonds. The van der Waals surface area contributed by atoms with Gasteiger partial charge in [0.1, 0.15) is 0 Å². The number of nitrogens with zero attached hydrogens (tertiary/aromatic N) is 1. The average Bonchev–Trinajstić information content (AvgIpc) is 3.07. The van der Waals surface area contributed by atoms with Crippen molar-refractivity contribution in [1.29, 1.82) is 0 Å². The molecule has 1 aromatic heterocycles. The predicted molar refractivity (Wildman–Crippen MR) is 71.1 cm³/mol. The van der Waals surface area contributed by atoms with E-state index in [9.17, 15) is 14.7 Å². The van der Waals surface area contributed by atoms with Gasteiger partial charge in [-0.15, -0.1) is 0 Å². The van der Waals surface area contributed by atoms with E-state index in [1.54, 1.807) is 6.07 Å². The van der Waals surface area contributed by atoms with E-state index in [2.05, 4.69) is 9.69 Å². The number of carbonyl (C=O) groups excluding carboxylic acids is 2. The fourth-order valence-corrected chi connectivity index (χ4v) is 2.84. The molecule has 0 saturated heterocycles. The van der Waals surface area contributed by atoms with Crippen molar-refractivity contribution in [2.24, 2.45) is 0 Å². The molecule has 2 rings (SSSR count). The zero-order valence-corrected chi connectivity index (χ0v) is 15.1. The van der Waals surface area contributed by atoms with E-state index in [0.29, 0.717) is 30.7 Å². The maximum atomic E-state index is 12.1. The zero-order chi connectivity index (χ0) is 14.7. The van der Waals surface area contributed by atoms with E-state index in [4.69, 9.17) is 4.74 Å². The summed E-state index contributed by atoms with van der Waals surface area (Å²) in [6, 6.07) is 1.50. The minimum Gasteiger partial charge on any atom is -0.545 e. The molecule has 1 atom stereocenters. The van der Waals surface area contributed by atoms with E-state index in [0.717, 1.165) is 4.88 Å². The Bertz CT molecular complexity index is 570. The second-order valence-corrected chi connectivity index (χ2v) is 5.40. The number of amides is 1. The normalized spacial score (nSPS) is 15.3. The molecular formula is C13H15N2NaO4S. The summed E-state index contributed by atoms with van der Waals surface area (Å²) >= 11 is 1.24. The van der Waals surface area contributed by atoms with Crippen LogP contribution in [-0.4, -0.2) is 23.4 Å². The molecule has 1 aliphatic rings. The third-order valence-corrected chi connectivity index (χ3v) is 4.18. The van der Waals surface area contributed by atoms with Gasteiger partial charge in [-0.3, -0.25) is 4.79 Å². The number of ether oxygens (including phenoxy) is 1. The van der Waals surface area contributed by atoms with Crippen LogP contribution in [0.2, 0.25) is 0 Å². The van der Waals surface area contributed by atoms with E-state index in [1.165, 1.54) is 18.6 Å². The molecule has 1 aromatic rings. The minimum absolute atomic E-state index is 0. The Labute approximate surface area is 149 Å². The minimum atomic E-state index is -1.25. The first kappa shape index (κ1) is 18.2. The number of nitrogens with one attached hydrogen (secondary N) is 1. The molecule has 0 bridgehead atoms. The standard InChI is InChI=1S/C13H16N2O4S.Na/c1-7(10-6-11(19-2)15-20-10)14-12(16)8-4-3-5-9(8)13(17)18;/h6-7H,3-5H2,1-2H3,(H,14,16)(H,17,18);/q;+1/p-1. The Hall–Kier alpha value is -0.890. The largest absolute Gasteiger partial charge is 1.00 e. The van der Waals surface area contributed by atoms with Gasteiger partial charge in [-0.1, -0.05) is 0 Å². The number of carboxylic acid groups (broad SMARTS) is 1. The van der Waals surface area contributed by atoms with Crippen molar-refractivity contribution in [1.82, 2.24) is 9.69 Å². The molecule has 0 aromatic carbocycles. The maximum Gasteiger partial charge on any atom is 1.00 e. The third kappa shape index (κ3) is 4.29. The molecule has 1 N–H and O–H groups in total. The van der Waals surface area contributed by atoms with E-state index < -0.39 is 5.97 Å². The van der Waals surface area contributed by atoms with Crippen LogP contribution < -0.4 is 44.7 Å². The maximum absolute atomic E-state index is 12.1. The fraction of sp³-hybridized carbons (Fsp3) is 0.462. The van der Waals surface area contributed by atoms with Gasteiger partial charge in [0.15, 0.2) is 0 Å². The van der Waals surface area contributed by atoms with Crippen LogP contribution in [0.5, 0.6) is 5.88 Å². The van der Waals surface area contributed by atoms with Gasteiger partial charge in [0, 0.05) is 11.6 Å². The van der Waals surface area contributed by atoms with Crippen LogP contribution in [0.4, 0.5) is 0 Å². The second kappa shape index (κ2) is 7.93. The predicted octanol–water partition coefficient (Wildman–Crippen LogP) is -2.44. The van der Waals surface area contributed by atoms with Crippen LogP contribution in [0.15, 0.2) is 17.2 Å². The molecule has 1 unspecified atom stereocenters. The Morgan fingerprint density at radius 2 is 2.10 bits per heavy atom. The topological polar surface area (TPSA) is 91.3 Å². The first-order valence-corrected chi connectivity index (χ1v) is 7.05. The second-order valence-electron chi connectivity index (χ2n) is 4.56. The molecule has 0 saturated carbocycles. The van der Waals surface area contributed by atoms with Gasteiger partial charge >= 0.3 is 29.6 Å². The number of carbonyl (C=O) groups is 2. The summed E-state index contributed by atoms with van der Waals surface area (Å²) in [6.07, 6.45) is 1.55. The molecule has 6 nitrogen and oxygen atoms in total. The van der Waals surface area contributed by atoms with Gasteiger partial charge in [-0.25, -0.2) is 0 Å². The number of hydrogen-bond acceptors (Lipinski definition) is 6. The molecule has 0 fully saturated rings. The summed E-state index contributed by atoms with van der Waals surface area (Å²) in [5, 5.41) is 13.7. The van der Waals surface area contributed by atoms with Crippen LogP contribution in [0.1, 0.15) is 37.1 Å². The summed E-state index contributed by atoms with van der Waals surface area (Å²) in [4.78, 5) is 23.9. The van der Waals surface area contributed by atoms with Gasteiger partial charge in [-0.05, 0) is 43.3 Å². The van der Waals surface area contributed by atoms with Gasteiger partial charge in [0.05, 0.1) is 24.0 Å². The smallest absolute Gasteiger partial charge is 0.545 e. The van der Waals surface area contributed by atoms with Crippen LogP contribution in [0.25, 0.3) is 0 Å². The molecule has 0 aliphatic heterocycles. The van der Waals surface area contributed by atoms with Crippen molar-refractivity contribution in [3.63, 3.8) is 0 Å². The van der Waals surface area contributed by atoms with E-state index >= 15 is 0 Å². The molecule has 0 radical (unpaired) electrons. The van der Waals surface area contributed by atoms with Crippen LogP contribution in [0, 0.1) is 0 Å². The fourth-order valence-electron chi connectivity index (χ4n) is 2.15. The summed E-state index contributed by atoms with van der Waals surface area (Å²) in [5.74, 6) is -1.09. The monoisotopic (exact) mass is 318 g/mol. The first-order chi connectivity index (χ1) is 9.52. The Balaban J connectivity index is 0.00000220. The van der Waals surface area contributed by atoms with E-state index in [1.807, 2.05) is 6.92 Å². The van der Waals surface area contributed by atoms with Crippen molar-refractivity contribution < 1.29 is 49.0 Å². The molecule has 21 heavy (non-hydrogen) atoms. The Kier molecular flexibility index (Phi) is 6.86. The van der Waals surface area contributed by atoms with Crippen molar-refractivity contribution in [3.05, 3.63) is 22.1 Å². The quantitative estimate of drug-likeness (QED) is 0.609. The number of aromatic nitrogens is 1. The molecule has 108 valence electrons. The van der Waals surface area contributed by atoms with Crippen molar-refractivity contribution >= 4 is 23.4 Å². The summed E-state index contributed by atoms with van der Waals surface area (Å²) in [7, 11) is 1.53. The van der Waals surface area contributed by atoms with E-state index in [-0.39, 0.29) is 47.1 Å². The van der Waals surface area contributed by atoms with Crippen molar-refractivity contribution in [2.75, 3.05) is 7.11 Å². The number of aliphatic carboxylic acids is 1. The summed E-state index contributed by atoms with van der Waals surface area (Å²) < 4.78 is 9.05. The Morgan fingerprint density at radius 3 is 2.67 bits per heavy atom. The van der Waals surface area contributed by atoms with Gasteiger partial charge < -0.3 is 20.0 Å². The first-order valence-electron chi connectivity index (χ1n) is 6.27. The number of hydrogen-bond donors (Lipinski definition) is 1. The van der Waals surface area contributed by atoms with Crippen LogP contribution in [0.3, 0.4) is 0 Å². The van der Waals surface area contributed by atoms with Crippen LogP contribution in [-0.2, 0) is 9.59 Å². The van der Waals surface area contributed by atoms with Crippen molar-refractivity contribution in [2.45, 2.75) is 32.2 Å².